The van der Waals surface area contributed by atoms with Crippen molar-refractivity contribution in [2.24, 2.45) is 0 Å². The van der Waals surface area contributed by atoms with Gasteiger partial charge in [0, 0.05) is 10.7 Å². The number of rotatable bonds is 2. The average Bonchev–Trinajstić information content (AvgIpc) is 2.60. The number of hydrogen-bond donors (Lipinski definition) is 1. The summed E-state index contributed by atoms with van der Waals surface area (Å²) >= 11 is 6.23. The Bertz CT molecular complexity index is 665. The molecule has 0 fully saturated rings. The summed E-state index contributed by atoms with van der Waals surface area (Å²) in [5, 5.41) is 9.88. The molecule has 0 aliphatic rings. The number of nitrogens with two attached hydrogens (primary N) is 1. The van der Waals surface area contributed by atoms with Crippen molar-refractivity contribution in [1.82, 2.24) is 4.57 Å². The van der Waals surface area contributed by atoms with Gasteiger partial charge in [-0.2, -0.15) is 5.26 Å². The van der Waals surface area contributed by atoms with Crippen LogP contribution in [0.3, 0.4) is 0 Å². The number of anilines is 1. The SMILES string of the molecule is Cc1c(C#N)c(N)n(C(C)c2ccccc2Cl)c1C. The van der Waals surface area contributed by atoms with Gasteiger partial charge in [0.25, 0.3) is 0 Å². The van der Waals surface area contributed by atoms with Gasteiger partial charge in [-0.3, -0.25) is 0 Å². The van der Waals surface area contributed by atoms with E-state index in [-0.39, 0.29) is 6.04 Å². The minimum atomic E-state index is -0.00509. The molecule has 98 valence electrons. The van der Waals surface area contributed by atoms with Crippen LogP contribution in [0.2, 0.25) is 5.02 Å². The third kappa shape index (κ3) is 2.09. The molecule has 0 saturated carbocycles. The fourth-order valence-corrected chi connectivity index (χ4v) is 2.74. The second-order valence-electron chi connectivity index (χ2n) is 4.65. The molecule has 0 bridgehead atoms. The first-order valence-electron chi connectivity index (χ1n) is 6.10. The lowest BCUT2D eigenvalue weighted by Crippen LogP contribution is -2.12. The minimum absolute atomic E-state index is 0.00509. The maximum atomic E-state index is 9.17. The van der Waals surface area contributed by atoms with Gasteiger partial charge in [0.15, 0.2) is 0 Å². The van der Waals surface area contributed by atoms with Gasteiger partial charge in [-0.15, -0.1) is 0 Å². The summed E-state index contributed by atoms with van der Waals surface area (Å²) in [5.41, 5.74) is 9.58. The Kier molecular flexibility index (Phi) is 3.55. The Hall–Kier alpha value is -1.92. The molecule has 1 aromatic carbocycles. The van der Waals surface area contributed by atoms with Gasteiger partial charge in [-0.05, 0) is 38.0 Å². The highest BCUT2D eigenvalue weighted by Crippen LogP contribution is 2.33. The van der Waals surface area contributed by atoms with Crippen LogP contribution in [0.1, 0.15) is 35.3 Å². The van der Waals surface area contributed by atoms with Crippen LogP contribution in [0.5, 0.6) is 0 Å². The van der Waals surface area contributed by atoms with Gasteiger partial charge in [-0.1, -0.05) is 29.8 Å². The van der Waals surface area contributed by atoms with Gasteiger partial charge in [-0.25, -0.2) is 0 Å². The molecular formula is C15H16ClN3. The standard InChI is InChI=1S/C15H16ClN3/c1-9-10(2)19(15(18)13(9)8-17)11(3)12-6-4-5-7-14(12)16/h4-7,11H,18H2,1-3H3. The fourth-order valence-electron chi connectivity index (χ4n) is 2.45. The van der Waals surface area contributed by atoms with Crippen LogP contribution in [0.15, 0.2) is 24.3 Å². The monoisotopic (exact) mass is 273 g/mol. The van der Waals surface area contributed by atoms with Crippen molar-refractivity contribution in [3.63, 3.8) is 0 Å². The molecule has 1 atom stereocenters. The zero-order valence-electron chi connectivity index (χ0n) is 11.2. The highest BCUT2D eigenvalue weighted by Gasteiger charge is 2.21. The molecule has 0 amide bonds. The van der Waals surface area contributed by atoms with Crippen molar-refractivity contribution in [3.8, 4) is 6.07 Å². The van der Waals surface area contributed by atoms with Crippen LogP contribution in [0, 0.1) is 25.2 Å². The molecule has 0 aliphatic heterocycles. The molecule has 2 N–H and O–H groups in total. The second kappa shape index (κ2) is 4.99. The van der Waals surface area contributed by atoms with Crippen LogP contribution < -0.4 is 5.73 Å². The predicted molar refractivity (Wildman–Crippen MR) is 78.3 cm³/mol. The van der Waals surface area contributed by atoms with E-state index in [0.717, 1.165) is 16.8 Å². The molecule has 0 spiro atoms. The highest BCUT2D eigenvalue weighted by atomic mass is 35.5. The molecule has 0 aliphatic carbocycles. The van der Waals surface area contributed by atoms with E-state index in [4.69, 9.17) is 17.3 Å². The van der Waals surface area contributed by atoms with E-state index < -0.39 is 0 Å². The number of halogens is 1. The van der Waals surface area contributed by atoms with Crippen LogP contribution >= 0.6 is 11.6 Å². The van der Waals surface area contributed by atoms with Crippen molar-refractivity contribution in [2.45, 2.75) is 26.8 Å². The zero-order valence-corrected chi connectivity index (χ0v) is 12.0. The summed E-state index contributed by atoms with van der Waals surface area (Å²) in [6.45, 7) is 5.92. The third-order valence-corrected chi connectivity index (χ3v) is 3.99. The first kappa shape index (κ1) is 13.5. The quantitative estimate of drug-likeness (QED) is 0.904. The Morgan fingerprint density at radius 2 is 1.95 bits per heavy atom. The Balaban J connectivity index is 2.61. The smallest absolute Gasteiger partial charge is 0.122 e. The van der Waals surface area contributed by atoms with Crippen LogP contribution in [0.25, 0.3) is 0 Å². The normalized spacial score (nSPS) is 12.2. The summed E-state index contributed by atoms with van der Waals surface area (Å²) in [6.07, 6.45) is 0. The Morgan fingerprint density at radius 1 is 1.32 bits per heavy atom. The van der Waals surface area contributed by atoms with E-state index >= 15 is 0 Å². The summed E-state index contributed by atoms with van der Waals surface area (Å²) in [4.78, 5) is 0. The van der Waals surface area contributed by atoms with Gasteiger partial charge < -0.3 is 10.3 Å². The van der Waals surface area contributed by atoms with Crippen molar-refractivity contribution in [3.05, 3.63) is 51.7 Å². The molecule has 19 heavy (non-hydrogen) atoms. The predicted octanol–water partition coefficient (Wildman–Crippen LogP) is 3.82. The summed E-state index contributed by atoms with van der Waals surface area (Å²) in [5.74, 6) is 0.505. The molecule has 2 rings (SSSR count). The van der Waals surface area contributed by atoms with Crippen molar-refractivity contribution < 1.29 is 0 Å². The average molecular weight is 274 g/mol. The van der Waals surface area contributed by atoms with E-state index in [1.165, 1.54) is 0 Å². The molecule has 1 aromatic heterocycles. The van der Waals surface area contributed by atoms with Crippen LogP contribution in [-0.2, 0) is 0 Å². The lowest BCUT2D eigenvalue weighted by molar-refractivity contribution is 0.633. The van der Waals surface area contributed by atoms with E-state index in [1.807, 2.05) is 49.6 Å². The van der Waals surface area contributed by atoms with Gasteiger partial charge in [0.05, 0.1) is 11.6 Å². The Labute approximate surface area is 118 Å². The first-order chi connectivity index (χ1) is 8.99. The van der Waals surface area contributed by atoms with E-state index in [9.17, 15) is 5.26 Å². The van der Waals surface area contributed by atoms with E-state index in [0.29, 0.717) is 16.4 Å². The van der Waals surface area contributed by atoms with Gasteiger partial charge in [0.2, 0.25) is 0 Å². The fraction of sp³-hybridized carbons (Fsp3) is 0.267. The van der Waals surface area contributed by atoms with Crippen molar-refractivity contribution in [1.29, 1.82) is 5.26 Å². The van der Waals surface area contributed by atoms with Crippen LogP contribution in [0.4, 0.5) is 5.82 Å². The first-order valence-corrected chi connectivity index (χ1v) is 6.48. The lowest BCUT2D eigenvalue weighted by Gasteiger charge is -2.19. The second-order valence-corrected chi connectivity index (χ2v) is 5.06. The maximum Gasteiger partial charge on any atom is 0.122 e. The number of nitriles is 1. The highest BCUT2D eigenvalue weighted by molar-refractivity contribution is 6.31. The zero-order chi connectivity index (χ0) is 14.2. The van der Waals surface area contributed by atoms with E-state index in [2.05, 4.69) is 6.07 Å². The van der Waals surface area contributed by atoms with E-state index in [1.54, 1.807) is 0 Å². The number of benzene rings is 1. The van der Waals surface area contributed by atoms with Crippen molar-refractivity contribution >= 4 is 17.4 Å². The maximum absolute atomic E-state index is 9.17. The molecule has 1 unspecified atom stereocenters. The lowest BCUT2D eigenvalue weighted by atomic mass is 10.1. The number of aromatic nitrogens is 1. The summed E-state index contributed by atoms with van der Waals surface area (Å²) in [7, 11) is 0. The minimum Gasteiger partial charge on any atom is -0.384 e. The molecule has 1 heterocycles. The molecule has 4 heteroatoms. The van der Waals surface area contributed by atoms with Crippen LogP contribution in [-0.4, -0.2) is 4.57 Å². The van der Waals surface area contributed by atoms with Crippen molar-refractivity contribution in [2.75, 3.05) is 5.73 Å². The Morgan fingerprint density at radius 3 is 2.47 bits per heavy atom. The molecular weight excluding hydrogens is 258 g/mol. The summed E-state index contributed by atoms with van der Waals surface area (Å²) in [6, 6.07) is 9.85. The van der Waals surface area contributed by atoms with Gasteiger partial charge >= 0.3 is 0 Å². The number of nitrogens with zero attached hydrogens (tertiary/aromatic N) is 2. The molecule has 0 saturated heterocycles. The molecule has 2 aromatic rings. The largest absolute Gasteiger partial charge is 0.384 e. The van der Waals surface area contributed by atoms with Gasteiger partial charge in [0.1, 0.15) is 11.9 Å². The summed E-state index contributed by atoms with van der Waals surface area (Å²) < 4.78 is 1.97. The molecule has 3 nitrogen and oxygen atoms in total. The number of hydrogen-bond acceptors (Lipinski definition) is 2. The number of nitrogen functional groups attached to an aromatic ring is 1. The topological polar surface area (TPSA) is 54.7 Å². The third-order valence-electron chi connectivity index (χ3n) is 3.65. The molecule has 0 radical (unpaired) electrons.